The number of halogens is 1. The number of benzene rings is 1. The van der Waals surface area contributed by atoms with Crippen molar-refractivity contribution in [1.29, 1.82) is 0 Å². The molecule has 0 aromatic heterocycles. The fraction of sp³-hybridized carbons (Fsp3) is 0.562. The number of ether oxygens (including phenoxy) is 1. The molecule has 4 nitrogen and oxygen atoms in total. The fourth-order valence-corrected chi connectivity index (χ4v) is 2.59. The molecule has 0 spiro atoms. The minimum atomic E-state index is -0.455. The van der Waals surface area contributed by atoms with Gasteiger partial charge in [0.25, 0.3) is 0 Å². The van der Waals surface area contributed by atoms with Crippen molar-refractivity contribution in [3.8, 4) is 5.75 Å². The number of nitrogens with zero attached hydrogens (tertiary/aromatic N) is 1. The van der Waals surface area contributed by atoms with Crippen molar-refractivity contribution in [1.82, 2.24) is 10.2 Å². The van der Waals surface area contributed by atoms with Crippen LogP contribution >= 0.6 is 0 Å². The topological polar surface area (TPSA) is 41.6 Å². The van der Waals surface area contributed by atoms with Gasteiger partial charge < -0.3 is 15.0 Å². The molecular formula is C16H23FN2O2. The van der Waals surface area contributed by atoms with Crippen molar-refractivity contribution in [2.24, 2.45) is 0 Å². The molecule has 5 heteroatoms. The number of likely N-dealkylation sites (N-methyl/N-ethyl adjacent to an activating group) is 1. The maximum Gasteiger partial charge on any atom is 0.242 e. The van der Waals surface area contributed by atoms with Crippen molar-refractivity contribution >= 4 is 5.91 Å². The Bertz CT molecular complexity index is 470. The Morgan fingerprint density at radius 2 is 2.10 bits per heavy atom. The zero-order valence-electron chi connectivity index (χ0n) is 12.7. The lowest BCUT2D eigenvalue weighted by atomic mass is 9.89. The minimum absolute atomic E-state index is 0.102. The van der Waals surface area contributed by atoms with E-state index >= 15 is 0 Å². The van der Waals surface area contributed by atoms with Crippen molar-refractivity contribution in [3.63, 3.8) is 0 Å². The third kappa shape index (κ3) is 4.17. The number of carbonyl (C=O) groups is 1. The highest BCUT2D eigenvalue weighted by Crippen LogP contribution is 2.20. The Kier molecular flexibility index (Phi) is 5.17. The molecule has 0 aliphatic carbocycles. The van der Waals surface area contributed by atoms with Crippen LogP contribution in [0.25, 0.3) is 0 Å². The molecule has 1 heterocycles. The molecule has 1 aromatic carbocycles. The molecule has 1 aliphatic heterocycles. The fourth-order valence-electron chi connectivity index (χ4n) is 2.59. The molecule has 1 aromatic rings. The maximum atomic E-state index is 12.8. The third-order valence-corrected chi connectivity index (χ3v) is 3.95. The maximum absolute atomic E-state index is 12.8. The van der Waals surface area contributed by atoms with Crippen LogP contribution in [-0.2, 0) is 4.79 Å². The van der Waals surface area contributed by atoms with Gasteiger partial charge in [0.1, 0.15) is 18.2 Å². The van der Waals surface area contributed by atoms with E-state index < -0.39 is 5.54 Å². The lowest BCUT2D eigenvalue weighted by Crippen LogP contribution is -2.57. The van der Waals surface area contributed by atoms with E-state index in [-0.39, 0.29) is 11.7 Å². The van der Waals surface area contributed by atoms with Gasteiger partial charge >= 0.3 is 0 Å². The summed E-state index contributed by atoms with van der Waals surface area (Å²) in [5.41, 5.74) is -0.455. The summed E-state index contributed by atoms with van der Waals surface area (Å²) in [5.74, 6) is 0.426. The lowest BCUT2D eigenvalue weighted by molar-refractivity contribution is -0.137. The zero-order valence-corrected chi connectivity index (χ0v) is 12.7. The smallest absolute Gasteiger partial charge is 0.242 e. The number of hydrogen-bond acceptors (Lipinski definition) is 3. The molecule has 0 bridgehead atoms. The van der Waals surface area contributed by atoms with Gasteiger partial charge in [0.2, 0.25) is 5.91 Å². The van der Waals surface area contributed by atoms with Crippen LogP contribution in [0.2, 0.25) is 0 Å². The number of amides is 1. The SMILES string of the molecule is CN(CCOc1ccc(F)cc1)C(=O)C1(C)CCCCN1. The molecular weight excluding hydrogens is 271 g/mol. The molecule has 1 amide bonds. The monoisotopic (exact) mass is 294 g/mol. The first-order valence-electron chi connectivity index (χ1n) is 7.40. The van der Waals surface area contributed by atoms with Gasteiger partial charge in [-0.25, -0.2) is 4.39 Å². The molecule has 0 saturated carbocycles. The predicted molar refractivity (Wildman–Crippen MR) is 79.8 cm³/mol. The van der Waals surface area contributed by atoms with Crippen molar-refractivity contribution in [2.45, 2.75) is 31.7 Å². The summed E-state index contributed by atoms with van der Waals surface area (Å²) in [7, 11) is 1.79. The van der Waals surface area contributed by atoms with Crippen LogP contribution in [0.4, 0.5) is 4.39 Å². The first-order chi connectivity index (χ1) is 10.0. The van der Waals surface area contributed by atoms with E-state index in [4.69, 9.17) is 4.74 Å². The average molecular weight is 294 g/mol. The second kappa shape index (κ2) is 6.89. The largest absolute Gasteiger partial charge is 0.492 e. The van der Waals surface area contributed by atoms with Crippen LogP contribution in [0.1, 0.15) is 26.2 Å². The molecule has 21 heavy (non-hydrogen) atoms. The first kappa shape index (κ1) is 15.8. The van der Waals surface area contributed by atoms with Gasteiger partial charge in [0, 0.05) is 7.05 Å². The molecule has 1 N–H and O–H groups in total. The number of piperidine rings is 1. The highest BCUT2D eigenvalue weighted by molar-refractivity contribution is 5.85. The van der Waals surface area contributed by atoms with E-state index in [9.17, 15) is 9.18 Å². The minimum Gasteiger partial charge on any atom is -0.492 e. The van der Waals surface area contributed by atoms with E-state index in [1.54, 1.807) is 24.1 Å². The Labute approximate surface area is 125 Å². The van der Waals surface area contributed by atoms with Gasteiger partial charge in [0.15, 0.2) is 0 Å². The molecule has 0 radical (unpaired) electrons. The Hall–Kier alpha value is -1.62. The van der Waals surface area contributed by atoms with Crippen LogP contribution in [-0.4, -0.2) is 43.1 Å². The van der Waals surface area contributed by atoms with Crippen molar-refractivity contribution < 1.29 is 13.9 Å². The summed E-state index contributed by atoms with van der Waals surface area (Å²) in [5, 5.41) is 3.32. The van der Waals surface area contributed by atoms with E-state index in [2.05, 4.69) is 5.32 Å². The summed E-state index contributed by atoms with van der Waals surface area (Å²) in [4.78, 5) is 14.2. The molecule has 1 fully saturated rings. The lowest BCUT2D eigenvalue weighted by Gasteiger charge is -2.36. The van der Waals surface area contributed by atoms with E-state index in [1.807, 2.05) is 6.92 Å². The summed E-state index contributed by atoms with van der Waals surface area (Å²) in [6.07, 6.45) is 3.07. The summed E-state index contributed by atoms with van der Waals surface area (Å²) in [6.45, 7) is 3.76. The Morgan fingerprint density at radius 3 is 2.71 bits per heavy atom. The van der Waals surface area contributed by atoms with Crippen LogP contribution in [0.3, 0.4) is 0 Å². The van der Waals surface area contributed by atoms with Gasteiger partial charge in [-0.2, -0.15) is 0 Å². The van der Waals surface area contributed by atoms with Gasteiger partial charge in [-0.05, 0) is 57.0 Å². The molecule has 2 rings (SSSR count). The van der Waals surface area contributed by atoms with Gasteiger partial charge in [-0.1, -0.05) is 0 Å². The van der Waals surface area contributed by atoms with E-state index in [1.165, 1.54) is 12.1 Å². The highest BCUT2D eigenvalue weighted by atomic mass is 19.1. The molecule has 1 atom stereocenters. The third-order valence-electron chi connectivity index (χ3n) is 3.95. The normalized spacial score (nSPS) is 21.9. The summed E-state index contributed by atoms with van der Waals surface area (Å²) in [6, 6.07) is 5.89. The summed E-state index contributed by atoms with van der Waals surface area (Å²) < 4.78 is 18.3. The second-order valence-electron chi connectivity index (χ2n) is 5.75. The number of hydrogen-bond donors (Lipinski definition) is 1. The number of carbonyl (C=O) groups excluding carboxylic acids is 1. The molecule has 1 unspecified atom stereocenters. The molecule has 1 aliphatic rings. The van der Waals surface area contributed by atoms with Gasteiger partial charge in [0.05, 0.1) is 12.1 Å². The van der Waals surface area contributed by atoms with Crippen LogP contribution in [0, 0.1) is 5.82 Å². The standard InChI is InChI=1S/C16H23FN2O2/c1-16(9-3-4-10-18-16)15(20)19(2)11-12-21-14-7-5-13(17)6-8-14/h5-8,18H,3-4,9-12H2,1-2H3. The zero-order chi connectivity index (χ0) is 15.3. The number of rotatable bonds is 5. The second-order valence-corrected chi connectivity index (χ2v) is 5.75. The van der Waals surface area contributed by atoms with Crippen LogP contribution in [0.5, 0.6) is 5.75 Å². The Morgan fingerprint density at radius 1 is 1.38 bits per heavy atom. The number of nitrogens with one attached hydrogen (secondary N) is 1. The molecule has 1 saturated heterocycles. The Balaban J connectivity index is 1.79. The first-order valence-corrected chi connectivity index (χ1v) is 7.40. The van der Waals surface area contributed by atoms with Gasteiger partial charge in [-0.15, -0.1) is 0 Å². The quantitative estimate of drug-likeness (QED) is 0.905. The molecule has 116 valence electrons. The van der Waals surface area contributed by atoms with E-state index in [0.717, 1.165) is 25.8 Å². The highest BCUT2D eigenvalue weighted by Gasteiger charge is 2.36. The average Bonchev–Trinajstić information content (AvgIpc) is 2.49. The van der Waals surface area contributed by atoms with Crippen LogP contribution < -0.4 is 10.1 Å². The van der Waals surface area contributed by atoms with E-state index in [0.29, 0.717) is 18.9 Å². The van der Waals surface area contributed by atoms with Crippen molar-refractivity contribution in [2.75, 3.05) is 26.7 Å². The van der Waals surface area contributed by atoms with Crippen molar-refractivity contribution in [3.05, 3.63) is 30.1 Å². The summed E-state index contributed by atoms with van der Waals surface area (Å²) >= 11 is 0. The van der Waals surface area contributed by atoms with Gasteiger partial charge in [-0.3, -0.25) is 4.79 Å². The predicted octanol–water partition coefficient (Wildman–Crippen LogP) is 2.20. The van der Waals surface area contributed by atoms with Crippen LogP contribution in [0.15, 0.2) is 24.3 Å².